The third-order valence-electron chi connectivity index (χ3n) is 5.05. The minimum absolute atomic E-state index is 0.155. The average Bonchev–Trinajstić information content (AvgIpc) is 3.10. The summed E-state index contributed by atoms with van der Waals surface area (Å²) in [6.07, 6.45) is 3.22. The second kappa shape index (κ2) is 8.27. The van der Waals surface area contributed by atoms with E-state index in [1.54, 1.807) is 24.5 Å². The van der Waals surface area contributed by atoms with E-state index in [-0.39, 0.29) is 5.91 Å². The topological polar surface area (TPSA) is 59.8 Å². The van der Waals surface area contributed by atoms with Crippen molar-refractivity contribution in [1.29, 1.82) is 0 Å². The first-order chi connectivity index (χ1) is 14.1. The van der Waals surface area contributed by atoms with Gasteiger partial charge in [-0.2, -0.15) is 0 Å². The summed E-state index contributed by atoms with van der Waals surface area (Å²) in [7, 11) is 0. The molecule has 29 heavy (non-hydrogen) atoms. The molecule has 0 fully saturated rings. The van der Waals surface area contributed by atoms with Crippen molar-refractivity contribution in [2.24, 2.45) is 0 Å². The maximum absolute atomic E-state index is 12.4. The molecule has 146 valence electrons. The molecule has 0 aliphatic carbocycles. The molecular weight excluding hydrogens is 360 g/mol. The van der Waals surface area contributed by atoms with E-state index in [2.05, 4.69) is 59.0 Å². The SMILES string of the molecule is CC(C)c1ccc(Cn2c(CNC(=O)c3cccnc3)nc3ccccc32)cc1. The lowest BCUT2D eigenvalue weighted by molar-refractivity contribution is 0.0949. The summed E-state index contributed by atoms with van der Waals surface area (Å²) in [5.41, 5.74) is 5.06. The van der Waals surface area contributed by atoms with Crippen molar-refractivity contribution in [2.45, 2.75) is 32.9 Å². The summed E-state index contributed by atoms with van der Waals surface area (Å²) in [4.78, 5) is 21.2. The van der Waals surface area contributed by atoms with Gasteiger partial charge in [-0.15, -0.1) is 0 Å². The molecule has 1 amide bonds. The Bertz CT molecular complexity index is 1110. The summed E-state index contributed by atoms with van der Waals surface area (Å²) in [5.74, 6) is 1.19. The number of carbonyl (C=O) groups is 1. The average molecular weight is 384 g/mol. The number of para-hydroxylation sites is 2. The van der Waals surface area contributed by atoms with Crippen molar-refractivity contribution in [2.75, 3.05) is 0 Å². The van der Waals surface area contributed by atoms with Gasteiger partial charge in [0.1, 0.15) is 5.82 Å². The van der Waals surface area contributed by atoms with Gasteiger partial charge in [0.2, 0.25) is 0 Å². The van der Waals surface area contributed by atoms with Crippen LogP contribution >= 0.6 is 0 Å². The zero-order valence-corrected chi connectivity index (χ0v) is 16.7. The number of imidazole rings is 1. The maximum atomic E-state index is 12.4. The van der Waals surface area contributed by atoms with Crippen molar-refractivity contribution in [3.8, 4) is 0 Å². The molecule has 0 saturated carbocycles. The predicted octanol–water partition coefficient (Wildman–Crippen LogP) is 4.53. The highest BCUT2D eigenvalue weighted by Gasteiger charge is 2.13. The number of aromatic nitrogens is 3. The van der Waals surface area contributed by atoms with Gasteiger partial charge in [-0.25, -0.2) is 4.98 Å². The number of nitrogens with zero attached hydrogens (tertiary/aromatic N) is 3. The zero-order chi connectivity index (χ0) is 20.2. The Labute approximate surface area is 170 Å². The number of amides is 1. The lowest BCUT2D eigenvalue weighted by Gasteiger charge is -2.12. The standard InChI is InChI=1S/C24H24N4O/c1-17(2)19-11-9-18(10-12-19)16-28-22-8-4-3-7-21(22)27-23(28)15-26-24(29)20-6-5-13-25-14-20/h3-14,17H,15-16H2,1-2H3,(H,26,29). The van der Waals surface area contributed by atoms with E-state index in [0.29, 0.717) is 24.6 Å². The molecule has 0 bridgehead atoms. The highest BCUT2D eigenvalue weighted by atomic mass is 16.1. The van der Waals surface area contributed by atoms with Gasteiger partial charge < -0.3 is 9.88 Å². The van der Waals surface area contributed by atoms with E-state index in [1.807, 2.05) is 18.2 Å². The van der Waals surface area contributed by atoms with Crippen LogP contribution in [0.5, 0.6) is 0 Å². The molecule has 0 saturated heterocycles. The Balaban J connectivity index is 1.59. The highest BCUT2D eigenvalue weighted by molar-refractivity contribution is 5.93. The first-order valence-electron chi connectivity index (χ1n) is 9.83. The number of rotatable bonds is 6. The monoisotopic (exact) mass is 384 g/mol. The Morgan fingerprint density at radius 2 is 1.83 bits per heavy atom. The van der Waals surface area contributed by atoms with Gasteiger partial charge in [0.05, 0.1) is 23.1 Å². The van der Waals surface area contributed by atoms with Crippen LogP contribution in [-0.4, -0.2) is 20.4 Å². The first-order valence-corrected chi connectivity index (χ1v) is 9.83. The number of fused-ring (bicyclic) bond motifs is 1. The summed E-state index contributed by atoms with van der Waals surface area (Å²) in [6.45, 7) is 5.45. The van der Waals surface area contributed by atoms with Crippen LogP contribution in [0, 0.1) is 0 Å². The van der Waals surface area contributed by atoms with Gasteiger partial charge in [-0.3, -0.25) is 9.78 Å². The second-order valence-electron chi connectivity index (χ2n) is 7.42. The summed E-state index contributed by atoms with van der Waals surface area (Å²) >= 11 is 0. The first kappa shape index (κ1) is 18.9. The molecular formula is C24H24N4O. The number of carbonyl (C=O) groups excluding carboxylic acids is 1. The van der Waals surface area contributed by atoms with Crippen molar-refractivity contribution in [3.05, 3.63) is 95.6 Å². The number of hydrogen-bond donors (Lipinski definition) is 1. The predicted molar refractivity (Wildman–Crippen MR) is 115 cm³/mol. The fourth-order valence-corrected chi connectivity index (χ4v) is 3.39. The molecule has 5 heteroatoms. The molecule has 5 nitrogen and oxygen atoms in total. The van der Waals surface area contributed by atoms with E-state index in [9.17, 15) is 4.79 Å². The fraction of sp³-hybridized carbons (Fsp3) is 0.208. The highest BCUT2D eigenvalue weighted by Crippen LogP contribution is 2.20. The van der Waals surface area contributed by atoms with Gasteiger partial charge in [-0.05, 0) is 41.3 Å². The Morgan fingerprint density at radius 1 is 1.03 bits per heavy atom. The van der Waals surface area contributed by atoms with Crippen LogP contribution in [0.1, 0.15) is 47.1 Å². The van der Waals surface area contributed by atoms with Gasteiger partial charge >= 0.3 is 0 Å². The minimum Gasteiger partial charge on any atom is -0.345 e. The van der Waals surface area contributed by atoms with Crippen LogP contribution in [0.4, 0.5) is 0 Å². The molecule has 0 aliphatic heterocycles. The largest absolute Gasteiger partial charge is 0.345 e. The zero-order valence-electron chi connectivity index (χ0n) is 16.7. The van der Waals surface area contributed by atoms with Crippen molar-refractivity contribution < 1.29 is 4.79 Å². The smallest absolute Gasteiger partial charge is 0.253 e. The number of hydrogen-bond acceptors (Lipinski definition) is 3. The van der Waals surface area contributed by atoms with Crippen molar-refractivity contribution >= 4 is 16.9 Å². The molecule has 1 N–H and O–H groups in total. The fourth-order valence-electron chi connectivity index (χ4n) is 3.39. The quantitative estimate of drug-likeness (QED) is 0.531. The molecule has 0 unspecified atom stereocenters. The molecule has 0 atom stereocenters. The molecule has 4 rings (SSSR count). The minimum atomic E-state index is -0.155. The summed E-state index contributed by atoms with van der Waals surface area (Å²) < 4.78 is 2.17. The molecule has 2 heterocycles. The normalized spacial score (nSPS) is 11.1. The second-order valence-corrected chi connectivity index (χ2v) is 7.42. The van der Waals surface area contributed by atoms with E-state index in [1.165, 1.54) is 11.1 Å². The number of benzene rings is 2. The molecule has 0 spiro atoms. The van der Waals surface area contributed by atoms with Crippen molar-refractivity contribution in [1.82, 2.24) is 19.9 Å². The molecule has 0 radical (unpaired) electrons. The Hall–Kier alpha value is -3.47. The van der Waals surface area contributed by atoms with Crippen LogP contribution in [0.3, 0.4) is 0 Å². The van der Waals surface area contributed by atoms with Gasteiger partial charge in [0.15, 0.2) is 0 Å². The Kier molecular flexibility index (Phi) is 5.38. The van der Waals surface area contributed by atoms with Gasteiger partial charge in [0, 0.05) is 18.9 Å². The van der Waals surface area contributed by atoms with E-state index >= 15 is 0 Å². The molecule has 4 aromatic rings. The molecule has 2 aromatic carbocycles. The van der Waals surface area contributed by atoms with Gasteiger partial charge in [-0.1, -0.05) is 50.2 Å². The maximum Gasteiger partial charge on any atom is 0.253 e. The van der Waals surface area contributed by atoms with Crippen LogP contribution in [-0.2, 0) is 13.1 Å². The third kappa shape index (κ3) is 4.19. The third-order valence-corrected chi connectivity index (χ3v) is 5.05. The van der Waals surface area contributed by atoms with Crippen LogP contribution < -0.4 is 5.32 Å². The van der Waals surface area contributed by atoms with E-state index in [0.717, 1.165) is 16.9 Å². The molecule has 2 aromatic heterocycles. The van der Waals surface area contributed by atoms with Crippen molar-refractivity contribution in [3.63, 3.8) is 0 Å². The number of nitrogens with one attached hydrogen (secondary N) is 1. The number of pyridine rings is 1. The van der Waals surface area contributed by atoms with Gasteiger partial charge in [0.25, 0.3) is 5.91 Å². The lowest BCUT2D eigenvalue weighted by atomic mass is 10.0. The molecule has 0 aliphatic rings. The lowest BCUT2D eigenvalue weighted by Crippen LogP contribution is -2.25. The van der Waals surface area contributed by atoms with E-state index < -0.39 is 0 Å². The Morgan fingerprint density at radius 3 is 2.55 bits per heavy atom. The van der Waals surface area contributed by atoms with Crippen LogP contribution in [0.2, 0.25) is 0 Å². The summed E-state index contributed by atoms with van der Waals surface area (Å²) in [6, 6.07) is 20.3. The van der Waals surface area contributed by atoms with Crippen LogP contribution in [0.25, 0.3) is 11.0 Å². The van der Waals surface area contributed by atoms with E-state index in [4.69, 9.17) is 4.98 Å². The summed E-state index contributed by atoms with van der Waals surface area (Å²) in [5, 5.41) is 2.96. The van der Waals surface area contributed by atoms with Crippen LogP contribution in [0.15, 0.2) is 73.1 Å².